The van der Waals surface area contributed by atoms with Gasteiger partial charge in [-0.3, -0.25) is 4.79 Å². The summed E-state index contributed by atoms with van der Waals surface area (Å²) in [5, 5.41) is 0. The number of carbonyl (C=O) groups is 1. The number of hydrogen-bond acceptors (Lipinski definition) is 2. The first-order valence-electron chi connectivity index (χ1n) is 4.23. The van der Waals surface area contributed by atoms with Gasteiger partial charge in [0.2, 0.25) is 0 Å². The molecule has 0 bridgehead atoms. The first-order chi connectivity index (χ1) is 6.31. The van der Waals surface area contributed by atoms with Crippen molar-refractivity contribution in [3.8, 4) is 5.75 Å². The molecular weight excluding hydrogens is 164 g/mol. The van der Waals surface area contributed by atoms with Gasteiger partial charge >= 0.3 is 0 Å². The molecule has 66 valence electrons. The summed E-state index contributed by atoms with van der Waals surface area (Å²) in [6, 6.07) is 7.69. The van der Waals surface area contributed by atoms with Crippen LogP contribution >= 0.6 is 0 Å². The first kappa shape index (κ1) is 8.05. The Morgan fingerprint density at radius 3 is 2.92 bits per heavy atom. The second-order valence-corrected chi connectivity index (χ2v) is 3.06. The van der Waals surface area contributed by atoms with Crippen molar-refractivity contribution in [2.75, 3.05) is 0 Å². The van der Waals surface area contributed by atoms with Crippen LogP contribution in [-0.2, 0) is 4.79 Å². The zero-order chi connectivity index (χ0) is 9.26. The summed E-state index contributed by atoms with van der Waals surface area (Å²) in [5.41, 5.74) is 1.67. The Labute approximate surface area is 76.8 Å². The van der Waals surface area contributed by atoms with Crippen molar-refractivity contribution in [3.63, 3.8) is 0 Å². The van der Waals surface area contributed by atoms with E-state index in [1.807, 2.05) is 37.3 Å². The van der Waals surface area contributed by atoms with Gasteiger partial charge in [0, 0.05) is 11.1 Å². The summed E-state index contributed by atoms with van der Waals surface area (Å²) in [6.45, 7) is 1.87. The fourth-order valence-corrected chi connectivity index (χ4v) is 1.39. The second-order valence-electron chi connectivity index (χ2n) is 3.06. The van der Waals surface area contributed by atoms with Crippen LogP contribution < -0.4 is 4.74 Å². The zero-order valence-corrected chi connectivity index (χ0v) is 7.36. The van der Waals surface area contributed by atoms with E-state index in [1.54, 1.807) is 0 Å². The summed E-state index contributed by atoms with van der Waals surface area (Å²) in [7, 11) is 0. The van der Waals surface area contributed by atoms with E-state index in [-0.39, 0.29) is 6.10 Å². The van der Waals surface area contributed by atoms with Crippen LogP contribution in [0.5, 0.6) is 5.75 Å². The molecule has 0 aliphatic carbocycles. The highest BCUT2D eigenvalue weighted by atomic mass is 16.5. The van der Waals surface area contributed by atoms with E-state index in [0.717, 1.165) is 17.6 Å². The minimum absolute atomic E-state index is 0.132. The third kappa shape index (κ3) is 1.35. The average molecular weight is 174 g/mol. The van der Waals surface area contributed by atoms with E-state index in [1.165, 1.54) is 0 Å². The Balaban J connectivity index is 2.49. The predicted octanol–water partition coefficient (Wildman–Crippen LogP) is 2.05. The SMILES string of the molecule is C[C@@H]1Oc2ccccc2C=C1C=O. The van der Waals surface area contributed by atoms with E-state index in [4.69, 9.17) is 4.74 Å². The molecule has 0 spiro atoms. The normalized spacial score (nSPS) is 19.8. The van der Waals surface area contributed by atoms with E-state index in [2.05, 4.69) is 0 Å². The summed E-state index contributed by atoms with van der Waals surface area (Å²) in [6.07, 6.45) is 2.59. The molecule has 1 aromatic rings. The molecular formula is C11H10O2. The Morgan fingerprint density at radius 1 is 1.38 bits per heavy atom. The Hall–Kier alpha value is -1.57. The van der Waals surface area contributed by atoms with E-state index >= 15 is 0 Å². The fraction of sp³-hybridized carbons (Fsp3) is 0.182. The topological polar surface area (TPSA) is 26.3 Å². The lowest BCUT2D eigenvalue weighted by atomic mass is 10.0. The molecule has 0 saturated carbocycles. The highest BCUT2D eigenvalue weighted by molar-refractivity contribution is 5.85. The third-order valence-electron chi connectivity index (χ3n) is 2.15. The molecule has 1 atom stereocenters. The predicted molar refractivity (Wildman–Crippen MR) is 50.6 cm³/mol. The fourth-order valence-electron chi connectivity index (χ4n) is 1.39. The van der Waals surface area contributed by atoms with Crippen LogP contribution in [0.2, 0.25) is 0 Å². The number of aldehydes is 1. The van der Waals surface area contributed by atoms with Crippen LogP contribution in [0.1, 0.15) is 12.5 Å². The number of carbonyl (C=O) groups excluding carboxylic acids is 1. The van der Waals surface area contributed by atoms with E-state index in [9.17, 15) is 4.79 Å². The van der Waals surface area contributed by atoms with Crippen molar-refractivity contribution in [3.05, 3.63) is 35.4 Å². The Bertz CT molecular complexity index is 366. The van der Waals surface area contributed by atoms with Crippen LogP contribution in [0, 0.1) is 0 Å². The lowest BCUT2D eigenvalue weighted by molar-refractivity contribution is -0.105. The number of hydrogen-bond donors (Lipinski definition) is 0. The van der Waals surface area contributed by atoms with Crippen molar-refractivity contribution in [2.24, 2.45) is 0 Å². The van der Waals surface area contributed by atoms with E-state index < -0.39 is 0 Å². The van der Waals surface area contributed by atoms with Gasteiger partial charge in [-0.1, -0.05) is 18.2 Å². The largest absolute Gasteiger partial charge is 0.485 e. The Morgan fingerprint density at radius 2 is 2.15 bits per heavy atom. The van der Waals surface area contributed by atoms with Crippen LogP contribution in [0.3, 0.4) is 0 Å². The molecule has 13 heavy (non-hydrogen) atoms. The minimum atomic E-state index is -0.132. The van der Waals surface area contributed by atoms with Crippen molar-refractivity contribution in [1.82, 2.24) is 0 Å². The molecule has 0 aromatic heterocycles. The standard InChI is InChI=1S/C11H10O2/c1-8-10(7-12)6-9-4-2-3-5-11(9)13-8/h2-8H,1H3/t8-/m0/s1. The molecule has 2 rings (SSSR count). The maximum atomic E-state index is 10.6. The zero-order valence-electron chi connectivity index (χ0n) is 7.36. The highest BCUT2D eigenvalue weighted by Gasteiger charge is 2.16. The molecule has 1 aromatic carbocycles. The van der Waals surface area contributed by atoms with Gasteiger partial charge in [-0.25, -0.2) is 0 Å². The number of rotatable bonds is 1. The van der Waals surface area contributed by atoms with Gasteiger partial charge in [-0.05, 0) is 19.1 Å². The molecule has 1 heterocycles. The molecule has 0 fully saturated rings. The van der Waals surface area contributed by atoms with Crippen molar-refractivity contribution in [2.45, 2.75) is 13.0 Å². The maximum Gasteiger partial charge on any atom is 0.149 e. The molecule has 0 unspecified atom stereocenters. The summed E-state index contributed by atoms with van der Waals surface area (Å²) in [5.74, 6) is 0.848. The lowest BCUT2D eigenvalue weighted by Crippen LogP contribution is -2.19. The molecule has 2 heteroatoms. The van der Waals surface area contributed by atoms with Gasteiger partial charge in [-0.2, -0.15) is 0 Å². The quantitative estimate of drug-likeness (QED) is 0.609. The number of ether oxygens (including phenoxy) is 1. The monoisotopic (exact) mass is 174 g/mol. The van der Waals surface area contributed by atoms with Crippen LogP contribution in [0.4, 0.5) is 0 Å². The van der Waals surface area contributed by atoms with Gasteiger partial charge in [-0.15, -0.1) is 0 Å². The van der Waals surface area contributed by atoms with Crippen LogP contribution in [0.15, 0.2) is 29.8 Å². The van der Waals surface area contributed by atoms with Crippen LogP contribution in [0.25, 0.3) is 6.08 Å². The van der Waals surface area contributed by atoms with Crippen molar-refractivity contribution in [1.29, 1.82) is 0 Å². The van der Waals surface area contributed by atoms with Gasteiger partial charge in [0.15, 0.2) is 0 Å². The molecule has 0 saturated heterocycles. The van der Waals surface area contributed by atoms with Gasteiger partial charge in [0.1, 0.15) is 18.1 Å². The number of para-hydroxylation sites is 1. The molecule has 1 aliphatic rings. The molecule has 0 amide bonds. The summed E-state index contributed by atoms with van der Waals surface area (Å²) >= 11 is 0. The maximum absolute atomic E-state index is 10.6. The number of fused-ring (bicyclic) bond motifs is 1. The molecule has 2 nitrogen and oxygen atoms in total. The number of benzene rings is 1. The van der Waals surface area contributed by atoms with Crippen molar-refractivity contribution < 1.29 is 9.53 Å². The summed E-state index contributed by atoms with van der Waals surface area (Å²) in [4.78, 5) is 10.6. The van der Waals surface area contributed by atoms with E-state index in [0.29, 0.717) is 5.57 Å². The molecule has 0 N–H and O–H groups in total. The van der Waals surface area contributed by atoms with Gasteiger partial charge in [0.05, 0.1) is 0 Å². The Kier molecular flexibility index (Phi) is 1.89. The summed E-state index contributed by atoms with van der Waals surface area (Å²) < 4.78 is 5.54. The molecule has 1 aliphatic heterocycles. The molecule has 0 radical (unpaired) electrons. The van der Waals surface area contributed by atoms with Gasteiger partial charge < -0.3 is 4.74 Å². The van der Waals surface area contributed by atoms with Gasteiger partial charge in [0.25, 0.3) is 0 Å². The van der Waals surface area contributed by atoms with Crippen molar-refractivity contribution >= 4 is 12.4 Å². The minimum Gasteiger partial charge on any atom is -0.485 e. The highest BCUT2D eigenvalue weighted by Crippen LogP contribution is 2.28. The third-order valence-corrected chi connectivity index (χ3v) is 2.15. The average Bonchev–Trinajstić information content (AvgIpc) is 2.17. The lowest BCUT2D eigenvalue weighted by Gasteiger charge is -2.21. The smallest absolute Gasteiger partial charge is 0.149 e. The second kappa shape index (κ2) is 3.05. The first-order valence-corrected chi connectivity index (χ1v) is 4.23. The van der Waals surface area contributed by atoms with Crippen LogP contribution in [-0.4, -0.2) is 12.4 Å².